The molecule has 3 heteroatoms. The molecular formula is C39H33F2N. The first-order valence-electron chi connectivity index (χ1n) is 14.4. The van der Waals surface area contributed by atoms with Gasteiger partial charge in [0.15, 0.2) is 0 Å². The fourth-order valence-electron chi connectivity index (χ4n) is 5.64. The molecule has 6 aromatic carbocycles. The highest BCUT2D eigenvalue weighted by molar-refractivity contribution is 5.95. The van der Waals surface area contributed by atoms with Crippen molar-refractivity contribution in [1.82, 2.24) is 0 Å². The van der Waals surface area contributed by atoms with E-state index in [4.69, 9.17) is 0 Å². The summed E-state index contributed by atoms with van der Waals surface area (Å²) in [6.45, 7) is 6.18. The van der Waals surface area contributed by atoms with Crippen molar-refractivity contribution in [3.63, 3.8) is 0 Å². The van der Waals surface area contributed by atoms with Crippen LogP contribution in [-0.4, -0.2) is 6.04 Å². The third-order valence-electron chi connectivity index (χ3n) is 8.19. The van der Waals surface area contributed by atoms with E-state index in [1.807, 2.05) is 60.4 Å². The normalized spacial score (nSPS) is 12.0. The van der Waals surface area contributed by atoms with Gasteiger partial charge < -0.3 is 4.90 Å². The minimum Gasteiger partial charge on any atom is -0.333 e. The first-order valence-corrected chi connectivity index (χ1v) is 14.4. The summed E-state index contributed by atoms with van der Waals surface area (Å²) < 4.78 is 31.7. The maximum Gasteiger partial charge on any atom is 0.147 e. The van der Waals surface area contributed by atoms with Crippen LogP contribution in [0.1, 0.15) is 20.8 Å². The Kier molecular flexibility index (Phi) is 7.58. The molecule has 42 heavy (non-hydrogen) atoms. The Balaban J connectivity index is 1.57. The van der Waals surface area contributed by atoms with Crippen LogP contribution in [0.2, 0.25) is 0 Å². The summed E-state index contributed by atoms with van der Waals surface area (Å²) in [4.78, 5) is 1.84. The van der Waals surface area contributed by atoms with Crippen LogP contribution in [0.5, 0.6) is 0 Å². The molecule has 0 saturated carbocycles. The number of fused-ring (bicyclic) bond motifs is 1. The van der Waals surface area contributed by atoms with Crippen LogP contribution in [0.25, 0.3) is 44.2 Å². The summed E-state index contributed by atoms with van der Waals surface area (Å²) in [5.74, 6) is -0.640. The highest BCUT2D eigenvalue weighted by Crippen LogP contribution is 2.46. The Morgan fingerprint density at radius 2 is 1.12 bits per heavy atom. The van der Waals surface area contributed by atoms with Crippen LogP contribution in [0, 0.1) is 17.6 Å². The van der Waals surface area contributed by atoms with Gasteiger partial charge >= 0.3 is 0 Å². The predicted molar refractivity (Wildman–Crippen MR) is 173 cm³/mol. The maximum atomic E-state index is 16.3. The van der Waals surface area contributed by atoms with E-state index in [1.165, 1.54) is 22.9 Å². The predicted octanol–water partition coefficient (Wildman–Crippen LogP) is 11.3. The van der Waals surface area contributed by atoms with Gasteiger partial charge in [-0.3, -0.25) is 0 Å². The van der Waals surface area contributed by atoms with Gasteiger partial charge in [-0.05, 0) is 75.7 Å². The highest BCUT2D eigenvalue weighted by Gasteiger charge is 2.29. The Morgan fingerprint density at radius 1 is 0.500 bits per heavy atom. The first-order chi connectivity index (χ1) is 20.4. The van der Waals surface area contributed by atoms with Gasteiger partial charge in [-0.25, -0.2) is 8.78 Å². The van der Waals surface area contributed by atoms with Gasteiger partial charge in [0.05, 0.1) is 11.4 Å². The number of nitrogens with zero attached hydrogens (tertiary/aromatic N) is 1. The smallest absolute Gasteiger partial charge is 0.147 e. The largest absolute Gasteiger partial charge is 0.333 e. The fraction of sp³-hybridized carbons (Fsp3) is 0.128. The van der Waals surface area contributed by atoms with Crippen molar-refractivity contribution in [2.24, 2.45) is 5.92 Å². The molecule has 6 aromatic rings. The molecule has 1 unspecified atom stereocenters. The minimum atomic E-state index is -0.390. The van der Waals surface area contributed by atoms with Crippen molar-refractivity contribution in [1.29, 1.82) is 0 Å². The molecule has 1 atom stereocenters. The third kappa shape index (κ3) is 5.19. The van der Waals surface area contributed by atoms with Crippen LogP contribution >= 0.6 is 0 Å². The molecule has 0 spiro atoms. The topological polar surface area (TPSA) is 3.24 Å². The zero-order chi connectivity index (χ0) is 29.2. The van der Waals surface area contributed by atoms with E-state index in [9.17, 15) is 0 Å². The lowest BCUT2D eigenvalue weighted by Crippen LogP contribution is -2.34. The molecule has 6 rings (SSSR count). The second-order valence-electron chi connectivity index (χ2n) is 11.1. The molecule has 0 N–H and O–H groups in total. The van der Waals surface area contributed by atoms with E-state index in [1.54, 1.807) is 18.2 Å². The maximum absolute atomic E-state index is 16.3. The second-order valence-corrected chi connectivity index (χ2v) is 11.1. The average Bonchev–Trinajstić information content (AvgIpc) is 3.03. The standard InChI is InChI=1S/C39H33F2N/c1-26(2)27(3)42(37-16-10-9-15-35(37)40)39-36(41)24-23-34(30-12-5-4-6-13-30)38(39)31-20-17-29(18-21-31)33-22-19-28-11-7-8-14-32(28)25-33/h4-27H,1-3H3. The first kappa shape index (κ1) is 27.4. The lowest BCUT2D eigenvalue weighted by atomic mass is 9.89. The molecule has 0 amide bonds. The van der Waals surface area contributed by atoms with Crippen LogP contribution in [0.15, 0.2) is 133 Å². The Bertz CT molecular complexity index is 1840. The summed E-state index contributed by atoms with van der Waals surface area (Å²) in [6, 6.07) is 42.8. The third-order valence-corrected chi connectivity index (χ3v) is 8.19. The average molecular weight is 554 g/mol. The molecule has 0 aromatic heterocycles. The number of halogens is 2. The summed E-state index contributed by atoms with van der Waals surface area (Å²) in [6.07, 6.45) is 0. The Hall–Kier alpha value is -4.76. The molecule has 0 bridgehead atoms. The van der Waals surface area contributed by atoms with Gasteiger partial charge in [0, 0.05) is 11.6 Å². The Morgan fingerprint density at radius 3 is 1.83 bits per heavy atom. The summed E-state index contributed by atoms with van der Waals surface area (Å²) in [5.41, 5.74) is 6.39. The van der Waals surface area contributed by atoms with Crippen LogP contribution < -0.4 is 4.90 Å². The molecular weight excluding hydrogens is 520 g/mol. The molecule has 208 valence electrons. The van der Waals surface area contributed by atoms with Crippen molar-refractivity contribution in [2.75, 3.05) is 4.90 Å². The fourth-order valence-corrected chi connectivity index (χ4v) is 5.64. The zero-order valence-corrected chi connectivity index (χ0v) is 24.1. The van der Waals surface area contributed by atoms with Crippen molar-refractivity contribution in [2.45, 2.75) is 26.8 Å². The molecule has 0 radical (unpaired) electrons. The van der Waals surface area contributed by atoms with Crippen LogP contribution in [0.4, 0.5) is 20.2 Å². The van der Waals surface area contributed by atoms with Crippen LogP contribution in [-0.2, 0) is 0 Å². The van der Waals surface area contributed by atoms with E-state index in [0.29, 0.717) is 11.4 Å². The van der Waals surface area contributed by atoms with E-state index >= 15 is 8.78 Å². The summed E-state index contributed by atoms with van der Waals surface area (Å²) in [7, 11) is 0. The minimum absolute atomic E-state index is 0.132. The van der Waals surface area contributed by atoms with Crippen molar-refractivity contribution >= 4 is 22.1 Å². The SMILES string of the molecule is CC(C)C(C)N(c1ccccc1F)c1c(F)ccc(-c2ccccc2)c1-c1ccc(-c2ccc3ccccc3c2)cc1. The number of para-hydroxylation sites is 1. The van der Waals surface area contributed by atoms with E-state index in [2.05, 4.69) is 68.4 Å². The van der Waals surface area contributed by atoms with Crippen molar-refractivity contribution in [3.8, 4) is 33.4 Å². The van der Waals surface area contributed by atoms with Gasteiger partial charge in [0.2, 0.25) is 0 Å². The van der Waals surface area contributed by atoms with Gasteiger partial charge in [-0.2, -0.15) is 0 Å². The molecule has 1 nitrogen and oxygen atoms in total. The van der Waals surface area contributed by atoms with Gasteiger partial charge in [0.1, 0.15) is 11.6 Å². The summed E-state index contributed by atoms with van der Waals surface area (Å²) in [5, 5.41) is 2.38. The van der Waals surface area contributed by atoms with Gasteiger partial charge in [-0.1, -0.05) is 123 Å². The molecule has 0 heterocycles. The second kappa shape index (κ2) is 11.6. The highest BCUT2D eigenvalue weighted by atomic mass is 19.1. The molecule has 0 aliphatic rings. The monoisotopic (exact) mass is 553 g/mol. The van der Waals surface area contributed by atoms with Crippen LogP contribution in [0.3, 0.4) is 0 Å². The molecule has 0 saturated heterocycles. The zero-order valence-electron chi connectivity index (χ0n) is 24.1. The number of anilines is 2. The van der Waals surface area contributed by atoms with Gasteiger partial charge in [0.25, 0.3) is 0 Å². The van der Waals surface area contributed by atoms with E-state index in [-0.39, 0.29) is 23.6 Å². The molecule has 0 aliphatic carbocycles. The number of hydrogen-bond donors (Lipinski definition) is 0. The Labute approximate surface area is 246 Å². The summed E-state index contributed by atoms with van der Waals surface area (Å²) >= 11 is 0. The quantitative estimate of drug-likeness (QED) is 0.190. The van der Waals surface area contributed by atoms with Crippen molar-refractivity contribution in [3.05, 3.63) is 145 Å². The van der Waals surface area contributed by atoms with Gasteiger partial charge in [-0.15, -0.1) is 0 Å². The van der Waals surface area contributed by atoms with E-state index < -0.39 is 0 Å². The lowest BCUT2D eigenvalue weighted by Gasteiger charge is -2.36. The number of rotatable bonds is 7. The van der Waals surface area contributed by atoms with E-state index in [0.717, 1.165) is 33.4 Å². The number of hydrogen-bond acceptors (Lipinski definition) is 1. The molecule has 0 fully saturated rings. The molecule has 0 aliphatic heterocycles. The van der Waals surface area contributed by atoms with Crippen molar-refractivity contribution < 1.29 is 8.78 Å². The number of benzene rings is 6. The lowest BCUT2D eigenvalue weighted by molar-refractivity contribution is 0.503.